The normalized spacial score (nSPS) is 15.4. The highest BCUT2D eigenvalue weighted by molar-refractivity contribution is 5.76. The first-order valence-electron chi connectivity index (χ1n) is 10.7. The molecular formula is C22H30N6O2. The van der Waals surface area contributed by atoms with E-state index < -0.39 is 0 Å². The molecule has 1 aliphatic rings. The highest BCUT2D eigenvalue weighted by Gasteiger charge is 2.23. The summed E-state index contributed by atoms with van der Waals surface area (Å²) in [6.07, 6.45) is 3.01. The number of rotatable bonds is 6. The second kappa shape index (κ2) is 8.55. The first kappa shape index (κ1) is 20.5. The van der Waals surface area contributed by atoms with Crippen molar-refractivity contribution in [3.8, 4) is 0 Å². The zero-order valence-corrected chi connectivity index (χ0v) is 18.3. The van der Waals surface area contributed by atoms with Crippen LogP contribution in [0.15, 0.2) is 22.9 Å². The van der Waals surface area contributed by atoms with Crippen LogP contribution in [-0.2, 0) is 17.8 Å². The Kier molecular flexibility index (Phi) is 5.85. The zero-order chi connectivity index (χ0) is 21.3. The number of hydrogen-bond donors (Lipinski definition) is 0. The van der Waals surface area contributed by atoms with Crippen molar-refractivity contribution in [1.29, 1.82) is 0 Å². The van der Waals surface area contributed by atoms with Crippen LogP contribution >= 0.6 is 0 Å². The zero-order valence-electron chi connectivity index (χ0n) is 18.3. The van der Waals surface area contributed by atoms with Crippen LogP contribution in [-0.4, -0.2) is 61.4 Å². The first-order chi connectivity index (χ1) is 14.4. The van der Waals surface area contributed by atoms with Crippen LogP contribution in [0.2, 0.25) is 0 Å². The molecule has 3 aromatic heterocycles. The smallest absolute Gasteiger partial charge is 0.227 e. The van der Waals surface area contributed by atoms with Crippen LogP contribution in [0.25, 0.3) is 5.65 Å². The molecule has 0 unspecified atom stereocenters. The third kappa shape index (κ3) is 4.38. The molecule has 0 bridgehead atoms. The Bertz CT molecular complexity index is 1030. The van der Waals surface area contributed by atoms with E-state index in [0.29, 0.717) is 24.6 Å². The van der Waals surface area contributed by atoms with Crippen LogP contribution in [0, 0.1) is 13.8 Å². The molecule has 0 spiro atoms. The molecule has 1 saturated heterocycles. The SMILES string of the molecule is Cc1ccn2c(CN3CCN(C(=O)CCc4nc(C(C)C)no4)CC3)c(C)nc2c1. The summed E-state index contributed by atoms with van der Waals surface area (Å²) in [6.45, 7) is 12.3. The number of pyridine rings is 1. The molecule has 30 heavy (non-hydrogen) atoms. The topological polar surface area (TPSA) is 79.8 Å². The lowest BCUT2D eigenvalue weighted by Crippen LogP contribution is -2.48. The molecule has 0 aromatic carbocycles. The number of aromatic nitrogens is 4. The number of carbonyl (C=O) groups is 1. The first-order valence-corrected chi connectivity index (χ1v) is 10.7. The van der Waals surface area contributed by atoms with Gasteiger partial charge in [0.2, 0.25) is 11.8 Å². The summed E-state index contributed by atoms with van der Waals surface area (Å²) < 4.78 is 7.42. The molecule has 0 saturated carbocycles. The standard InChI is InChI=1S/C22H30N6O2/c1-15(2)22-24-20(30-25-22)5-6-21(29)27-11-9-26(10-12-27)14-18-17(4)23-19-13-16(3)7-8-28(18)19/h7-8,13,15H,5-6,9-12,14H2,1-4H3. The molecule has 0 aliphatic carbocycles. The minimum absolute atomic E-state index is 0.153. The molecule has 160 valence electrons. The predicted octanol–water partition coefficient (Wildman–Crippen LogP) is 2.73. The number of nitrogens with zero attached hydrogens (tertiary/aromatic N) is 6. The summed E-state index contributed by atoms with van der Waals surface area (Å²) in [5, 5.41) is 3.96. The van der Waals surface area contributed by atoms with Gasteiger partial charge < -0.3 is 13.8 Å². The monoisotopic (exact) mass is 410 g/mol. The van der Waals surface area contributed by atoms with Gasteiger partial charge in [0.25, 0.3) is 0 Å². The number of aryl methyl sites for hydroxylation is 3. The summed E-state index contributed by atoms with van der Waals surface area (Å²) in [4.78, 5) is 26.0. The molecule has 1 amide bonds. The highest BCUT2D eigenvalue weighted by Crippen LogP contribution is 2.17. The Balaban J connectivity index is 1.29. The van der Waals surface area contributed by atoms with Gasteiger partial charge in [-0.25, -0.2) is 4.98 Å². The molecule has 0 radical (unpaired) electrons. The van der Waals surface area contributed by atoms with Gasteiger partial charge in [-0.1, -0.05) is 19.0 Å². The fraction of sp³-hybridized carbons (Fsp3) is 0.545. The van der Waals surface area contributed by atoms with Gasteiger partial charge in [-0.2, -0.15) is 4.98 Å². The lowest BCUT2D eigenvalue weighted by Gasteiger charge is -2.34. The van der Waals surface area contributed by atoms with E-state index in [9.17, 15) is 4.79 Å². The maximum Gasteiger partial charge on any atom is 0.227 e. The average molecular weight is 411 g/mol. The van der Waals surface area contributed by atoms with Gasteiger partial charge >= 0.3 is 0 Å². The minimum Gasteiger partial charge on any atom is -0.340 e. The van der Waals surface area contributed by atoms with Crippen molar-refractivity contribution in [2.45, 2.75) is 53.0 Å². The van der Waals surface area contributed by atoms with Crippen molar-refractivity contribution in [2.75, 3.05) is 26.2 Å². The second-order valence-corrected chi connectivity index (χ2v) is 8.43. The molecule has 1 fully saturated rings. The summed E-state index contributed by atoms with van der Waals surface area (Å²) in [5.41, 5.74) is 4.51. The van der Waals surface area contributed by atoms with Gasteiger partial charge in [0.05, 0.1) is 11.4 Å². The van der Waals surface area contributed by atoms with Crippen LogP contribution in [0.5, 0.6) is 0 Å². The van der Waals surface area contributed by atoms with Crippen molar-refractivity contribution < 1.29 is 9.32 Å². The van der Waals surface area contributed by atoms with Gasteiger partial charge in [0.15, 0.2) is 5.82 Å². The Morgan fingerprint density at radius 3 is 2.63 bits per heavy atom. The van der Waals surface area contributed by atoms with Crippen LogP contribution < -0.4 is 0 Å². The summed E-state index contributed by atoms with van der Waals surface area (Å²) in [6, 6.07) is 4.22. The van der Waals surface area contributed by atoms with E-state index in [1.807, 2.05) is 18.7 Å². The van der Waals surface area contributed by atoms with E-state index in [1.165, 1.54) is 11.3 Å². The Hall–Kier alpha value is -2.74. The third-order valence-corrected chi connectivity index (χ3v) is 5.73. The molecular weight excluding hydrogens is 380 g/mol. The Labute approximate surface area is 176 Å². The van der Waals surface area contributed by atoms with Gasteiger partial charge in [0, 0.05) is 57.7 Å². The summed E-state index contributed by atoms with van der Waals surface area (Å²) in [7, 11) is 0. The van der Waals surface area contributed by atoms with E-state index in [4.69, 9.17) is 9.51 Å². The third-order valence-electron chi connectivity index (χ3n) is 5.73. The van der Waals surface area contributed by atoms with Crippen molar-refractivity contribution >= 4 is 11.6 Å². The van der Waals surface area contributed by atoms with E-state index in [1.54, 1.807) is 0 Å². The number of fused-ring (bicyclic) bond motifs is 1. The quantitative estimate of drug-likeness (QED) is 0.622. The van der Waals surface area contributed by atoms with Crippen LogP contribution in [0.3, 0.4) is 0 Å². The molecule has 0 atom stereocenters. The molecule has 1 aliphatic heterocycles. The number of carbonyl (C=O) groups excluding carboxylic acids is 1. The fourth-order valence-corrected chi connectivity index (χ4v) is 3.85. The van der Waals surface area contributed by atoms with Crippen LogP contribution in [0.4, 0.5) is 0 Å². The average Bonchev–Trinajstić information content (AvgIpc) is 3.31. The van der Waals surface area contributed by atoms with Gasteiger partial charge in [-0.15, -0.1) is 0 Å². The van der Waals surface area contributed by atoms with Gasteiger partial charge in [-0.05, 0) is 31.5 Å². The van der Waals surface area contributed by atoms with E-state index in [0.717, 1.165) is 44.1 Å². The molecule has 4 heterocycles. The summed E-state index contributed by atoms with van der Waals surface area (Å²) >= 11 is 0. The number of amides is 1. The lowest BCUT2D eigenvalue weighted by atomic mass is 10.2. The Morgan fingerprint density at radius 1 is 1.17 bits per heavy atom. The van der Waals surface area contributed by atoms with Crippen molar-refractivity contribution in [2.24, 2.45) is 0 Å². The van der Waals surface area contributed by atoms with E-state index in [-0.39, 0.29) is 11.8 Å². The van der Waals surface area contributed by atoms with Gasteiger partial charge in [0.1, 0.15) is 5.65 Å². The maximum absolute atomic E-state index is 12.6. The second-order valence-electron chi connectivity index (χ2n) is 8.43. The van der Waals surface area contributed by atoms with Crippen molar-refractivity contribution in [1.82, 2.24) is 29.3 Å². The maximum atomic E-state index is 12.6. The predicted molar refractivity (Wildman–Crippen MR) is 113 cm³/mol. The molecule has 8 nitrogen and oxygen atoms in total. The molecule has 0 N–H and O–H groups in total. The largest absolute Gasteiger partial charge is 0.340 e. The number of hydrogen-bond acceptors (Lipinski definition) is 6. The van der Waals surface area contributed by atoms with E-state index in [2.05, 4.69) is 51.6 Å². The van der Waals surface area contributed by atoms with Gasteiger partial charge in [-0.3, -0.25) is 9.69 Å². The highest BCUT2D eigenvalue weighted by atomic mass is 16.5. The minimum atomic E-state index is 0.153. The van der Waals surface area contributed by atoms with Crippen molar-refractivity contribution in [3.63, 3.8) is 0 Å². The molecule has 8 heteroatoms. The molecule has 3 aromatic rings. The summed E-state index contributed by atoms with van der Waals surface area (Å²) in [5.74, 6) is 1.63. The van der Waals surface area contributed by atoms with Crippen molar-refractivity contribution in [3.05, 3.63) is 47.0 Å². The Morgan fingerprint density at radius 2 is 1.93 bits per heavy atom. The fourth-order valence-electron chi connectivity index (χ4n) is 3.85. The molecule has 4 rings (SSSR count). The van der Waals surface area contributed by atoms with Crippen LogP contribution in [0.1, 0.15) is 54.9 Å². The number of piperazine rings is 1. The lowest BCUT2D eigenvalue weighted by molar-refractivity contribution is -0.133. The number of imidazole rings is 1. The van der Waals surface area contributed by atoms with E-state index >= 15 is 0 Å².